The number of tetrazole rings is 1. The lowest BCUT2D eigenvalue weighted by molar-refractivity contribution is 0.0671. The summed E-state index contributed by atoms with van der Waals surface area (Å²) in [6, 6.07) is 9.72. The third-order valence-electron chi connectivity index (χ3n) is 7.52. The van der Waals surface area contributed by atoms with Crippen molar-refractivity contribution in [2.24, 2.45) is 11.3 Å². The Kier molecular flexibility index (Phi) is 6.63. The summed E-state index contributed by atoms with van der Waals surface area (Å²) in [4.78, 5) is 13.8. The van der Waals surface area contributed by atoms with Gasteiger partial charge in [-0.25, -0.2) is 5.10 Å². The lowest BCUT2D eigenvalue weighted by atomic mass is 9.68. The van der Waals surface area contributed by atoms with E-state index in [4.69, 9.17) is 27.9 Å². The van der Waals surface area contributed by atoms with E-state index in [0.29, 0.717) is 39.7 Å². The van der Waals surface area contributed by atoms with Crippen LogP contribution >= 0.6 is 23.2 Å². The third-order valence-corrected chi connectivity index (χ3v) is 8.37. The van der Waals surface area contributed by atoms with E-state index in [1.807, 2.05) is 30.3 Å². The van der Waals surface area contributed by atoms with Crippen LogP contribution in [0.2, 0.25) is 10.0 Å². The largest absolute Gasteiger partial charge is 0.487 e. The first-order valence-electron chi connectivity index (χ1n) is 12.0. The van der Waals surface area contributed by atoms with Crippen LogP contribution < -0.4 is 4.74 Å². The predicted molar refractivity (Wildman–Crippen MR) is 132 cm³/mol. The van der Waals surface area contributed by atoms with Gasteiger partial charge in [0.25, 0.3) is 0 Å². The van der Waals surface area contributed by atoms with Crippen molar-refractivity contribution in [3.63, 3.8) is 0 Å². The zero-order valence-corrected chi connectivity index (χ0v) is 20.8. The Morgan fingerprint density at radius 1 is 1.15 bits per heavy atom. The maximum Gasteiger partial charge on any atom is 0.179 e. The van der Waals surface area contributed by atoms with Gasteiger partial charge in [-0.2, -0.15) is 0 Å². The molecule has 2 aromatic carbocycles. The van der Waals surface area contributed by atoms with Crippen LogP contribution in [0.3, 0.4) is 0 Å². The summed E-state index contributed by atoms with van der Waals surface area (Å²) in [5.41, 5.74) is 3.12. The fraction of sp³-hybridized carbons (Fsp3) is 0.462. The van der Waals surface area contributed by atoms with E-state index in [-0.39, 0.29) is 11.2 Å². The Bertz CT molecular complexity index is 1170. The normalized spacial score (nSPS) is 20.1. The zero-order chi connectivity index (χ0) is 23.7. The molecule has 1 unspecified atom stereocenters. The summed E-state index contributed by atoms with van der Waals surface area (Å²) in [7, 11) is 0. The van der Waals surface area contributed by atoms with E-state index in [2.05, 4.69) is 27.5 Å². The highest BCUT2D eigenvalue weighted by atomic mass is 35.5. The maximum absolute atomic E-state index is 13.8. The quantitative estimate of drug-likeness (QED) is 0.366. The summed E-state index contributed by atoms with van der Waals surface area (Å²) >= 11 is 13.3. The van der Waals surface area contributed by atoms with Crippen molar-refractivity contribution in [2.75, 3.05) is 0 Å². The first-order chi connectivity index (χ1) is 16.5. The van der Waals surface area contributed by atoms with Crippen molar-refractivity contribution in [3.8, 4) is 17.1 Å². The van der Waals surface area contributed by atoms with Gasteiger partial charge in [0.05, 0.1) is 5.02 Å². The van der Waals surface area contributed by atoms with Crippen LogP contribution in [0.15, 0.2) is 30.3 Å². The molecule has 1 saturated carbocycles. The van der Waals surface area contributed by atoms with Gasteiger partial charge in [0, 0.05) is 16.5 Å². The molecule has 0 radical (unpaired) electrons. The first kappa shape index (κ1) is 23.3. The molecule has 1 aromatic heterocycles. The summed E-state index contributed by atoms with van der Waals surface area (Å²) in [5, 5.41) is 14.5. The number of aromatic amines is 1. The molecule has 0 bridgehead atoms. The number of benzene rings is 2. The number of carbonyl (C=O) groups excluding carboxylic acids is 1. The number of H-pyrrole nitrogens is 1. The second kappa shape index (κ2) is 9.67. The molecule has 8 heteroatoms. The molecule has 0 saturated heterocycles. The van der Waals surface area contributed by atoms with Crippen molar-refractivity contribution in [1.29, 1.82) is 0 Å². The minimum Gasteiger partial charge on any atom is -0.487 e. The number of aromatic nitrogens is 4. The number of unbranched alkanes of at least 4 members (excludes halogenated alkanes) is 1. The van der Waals surface area contributed by atoms with Crippen molar-refractivity contribution >= 4 is 29.0 Å². The first-order valence-corrected chi connectivity index (χ1v) is 12.8. The van der Waals surface area contributed by atoms with Crippen LogP contribution in [0, 0.1) is 11.3 Å². The second-order valence-electron chi connectivity index (χ2n) is 9.52. The Morgan fingerprint density at radius 3 is 2.59 bits per heavy atom. The van der Waals surface area contributed by atoms with Crippen molar-refractivity contribution in [2.45, 2.75) is 64.9 Å². The Balaban J connectivity index is 1.38. The Labute approximate surface area is 209 Å². The summed E-state index contributed by atoms with van der Waals surface area (Å²) < 4.78 is 6.09. The predicted octanol–water partition coefficient (Wildman–Crippen LogP) is 6.86. The number of rotatable bonds is 8. The Morgan fingerprint density at radius 2 is 1.91 bits per heavy atom. The smallest absolute Gasteiger partial charge is 0.179 e. The molecular weight excluding hydrogens is 471 g/mol. The topological polar surface area (TPSA) is 80.8 Å². The van der Waals surface area contributed by atoms with E-state index >= 15 is 0 Å². The fourth-order valence-corrected chi connectivity index (χ4v) is 6.22. The molecule has 178 valence electrons. The number of fused-ring (bicyclic) bond motifs is 1. The van der Waals surface area contributed by atoms with Crippen LogP contribution in [-0.2, 0) is 13.0 Å². The lowest BCUT2D eigenvalue weighted by Gasteiger charge is -2.34. The number of ether oxygens (including phenoxy) is 1. The number of ketones is 1. The number of nitrogens with zero attached hydrogens (tertiary/aromatic N) is 3. The van der Waals surface area contributed by atoms with Gasteiger partial charge in [-0.3, -0.25) is 4.79 Å². The minimum atomic E-state index is -0.341. The van der Waals surface area contributed by atoms with Gasteiger partial charge < -0.3 is 4.74 Å². The number of halogens is 2. The average molecular weight is 499 g/mol. The van der Waals surface area contributed by atoms with E-state index in [9.17, 15) is 4.79 Å². The lowest BCUT2D eigenvalue weighted by Crippen LogP contribution is -2.35. The SMILES string of the molecule is CCCCC1(C2CCCC2)Cc2cc(OCc3ccc(-c4nnn[nH]4)cc3)c(Cl)c(Cl)c2C1=O. The molecule has 1 atom stereocenters. The molecule has 5 rings (SSSR count). The van der Waals surface area contributed by atoms with E-state index in [0.717, 1.165) is 55.2 Å². The zero-order valence-electron chi connectivity index (χ0n) is 19.2. The van der Waals surface area contributed by atoms with Gasteiger partial charge in [0.2, 0.25) is 0 Å². The van der Waals surface area contributed by atoms with Gasteiger partial charge in [-0.15, -0.1) is 5.10 Å². The molecule has 3 aromatic rings. The number of hydrogen-bond donors (Lipinski definition) is 1. The number of Topliss-reactive ketones (excluding diaryl/α,β-unsaturated/α-hetero) is 1. The highest BCUT2D eigenvalue weighted by Gasteiger charge is 2.51. The number of carbonyl (C=O) groups is 1. The summed E-state index contributed by atoms with van der Waals surface area (Å²) in [5.74, 6) is 1.76. The monoisotopic (exact) mass is 498 g/mol. The van der Waals surface area contributed by atoms with Crippen molar-refractivity contribution in [3.05, 3.63) is 57.1 Å². The van der Waals surface area contributed by atoms with Crippen LogP contribution in [0.5, 0.6) is 5.75 Å². The molecule has 1 fully saturated rings. The van der Waals surface area contributed by atoms with E-state index in [1.165, 1.54) is 12.8 Å². The summed E-state index contributed by atoms with van der Waals surface area (Å²) in [6.07, 6.45) is 8.43. The highest BCUT2D eigenvalue weighted by molar-refractivity contribution is 6.45. The van der Waals surface area contributed by atoms with Gasteiger partial charge in [-0.1, -0.05) is 80.1 Å². The van der Waals surface area contributed by atoms with Crippen molar-refractivity contribution in [1.82, 2.24) is 20.6 Å². The molecule has 0 amide bonds. The molecule has 1 N–H and O–H groups in total. The molecule has 0 aliphatic heterocycles. The van der Waals surface area contributed by atoms with Crippen LogP contribution in [-0.4, -0.2) is 26.4 Å². The molecule has 6 nitrogen and oxygen atoms in total. The van der Waals surface area contributed by atoms with E-state index < -0.39 is 0 Å². The van der Waals surface area contributed by atoms with Gasteiger partial charge >= 0.3 is 0 Å². The average Bonchev–Trinajstić information content (AvgIpc) is 3.62. The maximum atomic E-state index is 13.8. The fourth-order valence-electron chi connectivity index (χ4n) is 5.72. The van der Waals surface area contributed by atoms with Gasteiger partial charge in [0.15, 0.2) is 11.6 Å². The minimum absolute atomic E-state index is 0.193. The second-order valence-corrected chi connectivity index (χ2v) is 10.3. The summed E-state index contributed by atoms with van der Waals surface area (Å²) in [6.45, 7) is 2.51. The molecule has 34 heavy (non-hydrogen) atoms. The van der Waals surface area contributed by atoms with Gasteiger partial charge in [0.1, 0.15) is 17.4 Å². The van der Waals surface area contributed by atoms with Gasteiger partial charge in [-0.05, 0) is 59.2 Å². The van der Waals surface area contributed by atoms with Crippen molar-refractivity contribution < 1.29 is 9.53 Å². The molecular formula is C26H28Cl2N4O2. The molecule has 1 heterocycles. The number of hydrogen-bond acceptors (Lipinski definition) is 5. The molecule has 0 spiro atoms. The van der Waals surface area contributed by atoms with Crippen LogP contribution in [0.25, 0.3) is 11.4 Å². The molecule has 2 aliphatic rings. The van der Waals surface area contributed by atoms with Crippen LogP contribution in [0.1, 0.15) is 73.4 Å². The third kappa shape index (κ3) is 4.11. The molecule has 2 aliphatic carbocycles. The Hall–Kier alpha value is -2.44. The van der Waals surface area contributed by atoms with Crippen LogP contribution in [0.4, 0.5) is 0 Å². The van der Waals surface area contributed by atoms with E-state index in [1.54, 1.807) is 0 Å². The number of nitrogens with one attached hydrogen (secondary N) is 1. The standard InChI is InChI=1S/C26H28Cl2N4O2/c1-2-3-12-26(19-6-4-5-7-19)14-18-13-20(22(27)23(28)21(18)24(26)33)34-15-16-8-10-17(11-9-16)25-29-31-32-30-25/h8-11,13,19H,2-7,12,14-15H2,1H3,(H,29,30,31,32). The highest BCUT2D eigenvalue weighted by Crippen LogP contribution is 2.54.